The Morgan fingerprint density at radius 2 is 1.89 bits per heavy atom. The van der Waals surface area contributed by atoms with Crippen molar-refractivity contribution in [2.75, 3.05) is 0 Å². The van der Waals surface area contributed by atoms with Crippen LogP contribution in [0.25, 0.3) is 5.69 Å². The third kappa shape index (κ3) is 4.47. The first kappa shape index (κ1) is 22.2. The van der Waals surface area contributed by atoms with Crippen LogP contribution in [0.1, 0.15) is 39.6 Å². The summed E-state index contributed by atoms with van der Waals surface area (Å²) in [6.07, 6.45) is 0.775. The molecule has 0 saturated heterocycles. The van der Waals surface area contributed by atoms with Crippen molar-refractivity contribution in [3.63, 3.8) is 0 Å². The molecule has 0 aliphatic carbocycles. The van der Waals surface area contributed by atoms with Crippen LogP contribution < -0.4 is 10.6 Å². The minimum Gasteiger partial charge on any atom is -0.285 e. The van der Waals surface area contributed by atoms with E-state index in [1.165, 1.54) is 19.1 Å². The van der Waals surface area contributed by atoms with Crippen molar-refractivity contribution in [2.45, 2.75) is 40.7 Å². The number of hydrogen-bond acceptors (Lipinski definition) is 5. The van der Waals surface area contributed by atoms with Gasteiger partial charge in [-0.25, -0.2) is 14.2 Å². The molecule has 1 aromatic carbocycles. The van der Waals surface area contributed by atoms with Gasteiger partial charge in [0.1, 0.15) is 5.82 Å². The molecule has 0 bridgehead atoms. The summed E-state index contributed by atoms with van der Waals surface area (Å²) in [6, 6.07) is 2.40. The fourth-order valence-corrected chi connectivity index (χ4v) is 2.84. The molecule has 0 radical (unpaired) electrons. The van der Waals surface area contributed by atoms with E-state index in [2.05, 4.69) is 5.10 Å². The van der Waals surface area contributed by atoms with Gasteiger partial charge in [0.25, 0.3) is 0 Å². The van der Waals surface area contributed by atoms with Gasteiger partial charge < -0.3 is 0 Å². The summed E-state index contributed by atoms with van der Waals surface area (Å²) in [5.74, 6) is -1.27. The lowest BCUT2D eigenvalue weighted by Crippen LogP contribution is -2.25. The highest BCUT2D eigenvalue weighted by Gasteiger charge is 2.24. The second-order valence-electron chi connectivity index (χ2n) is 6.28. The number of carbonyl (C=O) groups excluding carboxylic acids is 1. The molecule has 2 aromatic rings. The molecule has 28 heavy (non-hydrogen) atoms. The van der Waals surface area contributed by atoms with E-state index < -0.39 is 24.1 Å². The van der Waals surface area contributed by atoms with Crippen LogP contribution in [0.5, 0.6) is 5.75 Å². The van der Waals surface area contributed by atoms with E-state index in [9.17, 15) is 18.4 Å². The Bertz CT molecular complexity index is 930. The largest absolute Gasteiger partial charge is 0.358 e. The Morgan fingerprint density at radius 1 is 1.25 bits per heavy atom. The van der Waals surface area contributed by atoms with Gasteiger partial charge in [-0.2, -0.15) is 13.5 Å². The van der Waals surface area contributed by atoms with E-state index in [0.717, 1.165) is 6.42 Å². The predicted molar refractivity (Wildman–Crippen MR) is 99.2 cm³/mol. The fraction of sp³-hybridized carbons (Fsp3) is 0.471. The summed E-state index contributed by atoms with van der Waals surface area (Å²) in [5, 5.41) is 3.75. The first-order chi connectivity index (χ1) is 13.1. The number of nitrogens with zero attached hydrogens (tertiary/aromatic N) is 3. The van der Waals surface area contributed by atoms with Gasteiger partial charge in [0, 0.05) is 6.07 Å². The molecule has 0 aliphatic heterocycles. The van der Waals surface area contributed by atoms with E-state index >= 15 is 0 Å². The molecule has 2 rings (SSSR count). The van der Waals surface area contributed by atoms with Crippen molar-refractivity contribution in [2.24, 2.45) is 11.8 Å². The van der Waals surface area contributed by atoms with Crippen LogP contribution in [0.3, 0.4) is 0 Å². The average Bonchev–Trinajstić information content (AvgIpc) is 2.93. The maximum atomic E-state index is 13.0. The monoisotopic (exact) mass is 437 g/mol. The topological polar surface area (TPSA) is 75.3 Å². The van der Waals surface area contributed by atoms with Crippen molar-refractivity contribution in [1.29, 1.82) is 0 Å². The molecule has 0 saturated carbocycles. The minimum absolute atomic E-state index is 0.00388. The van der Waals surface area contributed by atoms with Gasteiger partial charge in [0.2, 0.25) is 0 Å². The molecule has 7 nitrogen and oxygen atoms in total. The highest BCUT2D eigenvalue weighted by Crippen LogP contribution is 2.33. The molecule has 0 amide bonds. The van der Waals surface area contributed by atoms with E-state index in [4.69, 9.17) is 33.0 Å². The Balaban J connectivity index is 2.35. The number of rotatable bonds is 7. The zero-order valence-electron chi connectivity index (χ0n) is 15.6. The molecule has 2 atom stereocenters. The first-order valence-electron chi connectivity index (χ1n) is 8.42. The van der Waals surface area contributed by atoms with Crippen LogP contribution in [-0.2, 0) is 9.68 Å². The Kier molecular flexibility index (Phi) is 7.06. The highest BCUT2D eigenvalue weighted by molar-refractivity contribution is 6.36. The van der Waals surface area contributed by atoms with Crippen molar-refractivity contribution in [3.05, 3.63) is 38.5 Å². The number of halogens is 4. The van der Waals surface area contributed by atoms with Crippen LogP contribution in [-0.4, -0.2) is 20.3 Å². The molecular formula is C17H19Cl2F2N3O4. The Hall–Kier alpha value is -2.13. The van der Waals surface area contributed by atoms with Gasteiger partial charge in [-0.3, -0.25) is 9.78 Å². The Morgan fingerprint density at radius 3 is 2.43 bits per heavy atom. The van der Waals surface area contributed by atoms with Crippen LogP contribution in [0, 0.1) is 18.8 Å². The molecule has 1 aromatic heterocycles. The zero-order valence-corrected chi connectivity index (χ0v) is 17.1. The molecule has 0 fully saturated rings. The average molecular weight is 438 g/mol. The van der Waals surface area contributed by atoms with Crippen molar-refractivity contribution < 1.29 is 23.4 Å². The Labute approximate surface area is 169 Å². The van der Waals surface area contributed by atoms with Gasteiger partial charge in [-0.05, 0) is 18.9 Å². The van der Waals surface area contributed by atoms with Gasteiger partial charge in [0.05, 0.1) is 21.7 Å². The third-order valence-electron chi connectivity index (χ3n) is 4.49. The summed E-state index contributed by atoms with van der Waals surface area (Å²) in [4.78, 5) is 34.1. The molecular weight excluding hydrogens is 419 g/mol. The molecule has 11 heteroatoms. The van der Waals surface area contributed by atoms with E-state index in [1.54, 1.807) is 6.92 Å². The SMILES string of the molecule is CCC(C)C(C)C(=O)OOc1cc(-n2nc(C)n(C(F)F)c2=O)c(Cl)cc1Cl. The number of hydrogen-bond donors (Lipinski definition) is 0. The highest BCUT2D eigenvalue weighted by atomic mass is 35.5. The number of aryl methyl sites for hydroxylation is 1. The minimum atomic E-state index is -3.06. The maximum absolute atomic E-state index is 13.0. The lowest BCUT2D eigenvalue weighted by molar-refractivity contribution is -0.219. The van der Waals surface area contributed by atoms with Gasteiger partial charge in [-0.15, -0.1) is 5.10 Å². The summed E-state index contributed by atoms with van der Waals surface area (Å²) in [6.45, 7) is 3.73. The maximum Gasteiger partial charge on any atom is 0.358 e. The summed E-state index contributed by atoms with van der Waals surface area (Å²) >= 11 is 12.1. The van der Waals surface area contributed by atoms with Crippen LogP contribution >= 0.6 is 23.2 Å². The second kappa shape index (κ2) is 8.91. The normalized spacial score (nSPS) is 13.5. The molecule has 154 valence electrons. The molecule has 0 spiro atoms. The van der Waals surface area contributed by atoms with E-state index in [-0.39, 0.29) is 37.8 Å². The number of benzene rings is 1. The number of alkyl halides is 2. The number of aromatic nitrogens is 3. The van der Waals surface area contributed by atoms with Crippen molar-refractivity contribution >= 4 is 29.2 Å². The molecule has 2 unspecified atom stereocenters. The van der Waals surface area contributed by atoms with Gasteiger partial charge in [0.15, 0.2) is 5.75 Å². The van der Waals surface area contributed by atoms with Crippen molar-refractivity contribution in [1.82, 2.24) is 14.3 Å². The fourth-order valence-electron chi connectivity index (χ4n) is 2.35. The predicted octanol–water partition coefficient (Wildman–Crippen LogP) is 4.56. The van der Waals surface area contributed by atoms with Gasteiger partial charge in [-0.1, -0.05) is 50.4 Å². The standard InChI is InChI=1S/C17H19Cl2F2N3O4/c1-5-8(2)9(3)15(25)28-27-14-7-13(11(18)6-12(14)19)24-17(26)23(16(20)21)10(4)22-24/h6-9,16H,5H2,1-4H3. The molecule has 0 N–H and O–H groups in total. The van der Waals surface area contributed by atoms with Crippen LogP contribution in [0.2, 0.25) is 10.0 Å². The summed E-state index contributed by atoms with van der Waals surface area (Å²) in [5.41, 5.74) is -1.15. The summed E-state index contributed by atoms with van der Waals surface area (Å²) < 4.78 is 26.9. The first-order valence-corrected chi connectivity index (χ1v) is 9.18. The smallest absolute Gasteiger partial charge is 0.285 e. The van der Waals surface area contributed by atoms with Crippen molar-refractivity contribution in [3.8, 4) is 11.4 Å². The molecule has 1 heterocycles. The number of carbonyl (C=O) groups is 1. The van der Waals surface area contributed by atoms with Crippen LogP contribution in [0.15, 0.2) is 16.9 Å². The lowest BCUT2D eigenvalue weighted by Gasteiger charge is -2.16. The lowest BCUT2D eigenvalue weighted by atomic mass is 9.94. The zero-order chi connectivity index (χ0) is 21.2. The van der Waals surface area contributed by atoms with Crippen LogP contribution in [0.4, 0.5) is 8.78 Å². The third-order valence-corrected chi connectivity index (χ3v) is 5.09. The van der Waals surface area contributed by atoms with Gasteiger partial charge >= 0.3 is 18.2 Å². The van der Waals surface area contributed by atoms with E-state index in [1.807, 2.05) is 13.8 Å². The molecule has 0 aliphatic rings. The summed E-state index contributed by atoms with van der Waals surface area (Å²) in [7, 11) is 0. The second-order valence-corrected chi connectivity index (χ2v) is 7.10. The van der Waals surface area contributed by atoms with E-state index in [0.29, 0.717) is 4.68 Å². The quantitative estimate of drug-likeness (QED) is 0.468.